The highest BCUT2D eigenvalue weighted by molar-refractivity contribution is 9.10. The molecule has 0 spiro atoms. The van der Waals surface area contributed by atoms with E-state index in [1.54, 1.807) is 13.2 Å². The number of amides is 1. The smallest absolute Gasteiger partial charge is 0.252 e. The molecule has 0 bridgehead atoms. The van der Waals surface area contributed by atoms with Gasteiger partial charge in [-0.1, -0.05) is 6.07 Å². The molecule has 1 amide bonds. The number of methoxy groups -OCH3 is 1. The lowest BCUT2D eigenvalue weighted by Crippen LogP contribution is -2.33. The molecule has 2 atom stereocenters. The summed E-state index contributed by atoms with van der Waals surface area (Å²) in [6, 6.07) is 4.56. The summed E-state index contributed by atoms with van der Waals surface area (Å²) < 4.78 is 18.8. The Morgan fingerprint density at radius 2 is 2.28 bits per heavy atom. The number of ether oxygens (including phenoxy) is 1. The van der Waals surface area contributed by atoms with Crippen molar-refractivity contribution in [3.8, 4) is 0 Å². The highest BCUT2D eigenvalue weighted by Gasteiger charge is 2.26. The van der Waals surface area contributed by atoms with E-state index >= 15 is 0 Å². The van der Waals surface area contributed by atoms with E-state index in [4.69, 9.17) is 4.74 Å². The van der Waals surface area contributed by atoms with Gasteiger partial charge in [0.15, 0.2) is 0 Å². The summed E-state index contributed by atoms with van der Waals surface area (Å²) in [6.07, 6.45) is 2.88. The third-order valence-electron chi connectivity index (χ3n) is 3.25. The van der Waals surface area contributed by atoms with Crippen LogP contribution in [0.3, 0.4) is 0 Å². The lowest BCUT2D eigenvalue weighted by atomic mass is 10.1. The molecule has 2 unspecified atom stereocenters. The first-order chi connectivity index (χ1) is 8.61. The SMILES string of the molecule is COC1CCC(NC(=O)c2cccc(F)c2Br)C1. The first-order valence-electron chi connectivity index (χ1n) is 5.89. The van der Waals surface area contributed by atoms with E-state index in [9.17, 15) is 9.18 Å². The highest BCUT2D eigenvalue weighted by atomic mass is 79.9. The molecule has 0 radical (unpaired) electrons. The molecule has 3 nitrogen and oxygen atoms in total. The van der Waals surface area contributed by atoms with Crippen LogP contribution < -0.4 is 5.32 Å². The van der Waals surface area contributed by atoms with Crippen LogP contribution in [0.25, 0.3) is 0 Å². The van der Waals surface area contributed by atoms with Crippen molar-refractivity contribution in [3.63, 3.8) is 0 Å². The van der Waals surface area contributed by atoms with Gasteiger partial charge in [0.05, 0.1) is 16.1 Å². The lowest BCUT2D eigenvalue weighted by Gasteiger charge is -2.13. The Morgan fingerprint density at radius 1 is 1.50 bits per heavy atom. The van der Waals surface area contributed by atoms with Crippen LogP contribution in [0.5, 0.6) is 0 Å². The van der Waals surface area contributed by atoms with Crippen LogP contribution in [-0.2, 0) is 4.74 Å². The number of carbonyl (C=O) groups is 1. The van der Waals surface area contributed by atoms with Gasteiger partial charge in [-0.25, -0.2) is 4.39 Å². The van der Waals surface area contributed by atoms with Crippen molar-refractivity contribution in [2.45, 2.75) is 31.4 Å². The van der Waals surface area contributed by atoms with Crippen molar-refractivity contribution in [2.24, 2.45) is 0 Å². The molecule has 0 aromatic heterocycles. The van der Waals surface area contributed by atoms with E-state index in [0.717, 1.165) is 19.3 Å². The predicted octanol–water partition coefficient (Wildman–Crippen LogP) is 2.89. The Bertz CT molecular complexity index is 453. The van der Waals surface area contributed by atoms with Gasteiger partial charge in [-0.2, -0.15) is 0 Å². The van der Waals surface area contributed by atoms with Gasteiger partial charge in [0.1, 0.15) is 5.82 Å². The minimum Gasteiger partial charge on any atom is -0.381 e. The van der Waals surface area contributed by atoms with Crippen LogP contribution >= 0.6 is 15.9 Å². The van der Waals surface area contributed by atoms with Gasteiger partial charge in [0.2, 0.25) is 0 Å². The van der Waals surface area contributed by atoms with Crippen LogP contribution in [0.15, 0.2) is 22.7 Å². The Balaban J connectivity index is 2.02. The van der Waals surface area contributed by atoms with Gasteiger partial charge in [0.25, 0.3) is 5.91 Å². The molecule has 0 aliphatic heterocycles. The monoisotopic (exact) mass is 315 g/mol. The van der Waals surface area contributed by atoms with Crippen LogP contribution in [0.2, 0.25) is 0 Å². The Hall–Kier alpha value is -0.940. The maximum absolute atomic E-state index is 13.3. The molecule has 1 aliphatic carbocycles. The summed E-state index contributed by atoms with van der Waals surface area (Å²) in [5, 5.41) is 2.91. The third-order valence-corrected chi connectivity index (χ3v) is 4.06. The van der Waals surface area contributed by atoms with Crippen molar-refractivity contribution in [1.29, 1.82) is 0 Å². The van der Waals surface area contributed by atoms with E-state index in [-0.39, 0.29) is 22.5 Å². The normalized spacial score (nSPS) is 23.1. The maximum Gasteiger partial charge on any atom is 0.252 e. The molecule has 1 aromatic carbocycles. The molecule has 1 fully saturated rings. The zero-order chi connectivity index (χ0) is 13.1. The fourth-order valence-corrected chi connectivity index (χ4v) is 2.67. The largest absolute Gasteiger partial charge is 0.381 e. The summed E-state index contributed by atoms with van der Waals surface area (Å²) in [5.74, 6) is -0.674. The zero-order valence-electron chi connectivity index (χ0n) is 10.1. The minimum absolute atomic E-state index is 0.109. The van der Waals surface area contributed by atoms with Gasteiger partial charge < -0.3 is 10.1 Å². The van der Waals surface area contributed by atoms with Crippen LogP contribution in [0.4, 0.5) is 4.39 Å². The second-order valence-electron chi connectivity index (χ2n) is 4.44. The molecule has 18 heavy (non-hydrogen) atoms. The second-order valence-corrected chi connectivity index (χ2v) is 5.24. The fourth-order valence-electron chi connectivity index (χ4n) is 2.23. The van der Waals surface area contributed by atoms with Crippen molar-refractivity contribution >= 4 is 21.8 Å². The second kappa shape index (κ2) is 5.80. The summed E-state index contributed by atoms with van der Waals surface area (Å²) in [4.78, 5) is 12.0. The van der Waals surface area contributed by atoms with Gasteiger partial charge in [-0.15, -0.1) is 0 Å². The number of hydrogen-bond donors (Lipinski definition) is 1. The Morgan fingerprint density at radius 3 is 2.94 bits per heavy atom. The molecule has 1 N–H and O–H groups in total. The van der Waals surface area contributed by atoms with E-state index < -0.39 is 5.82 Å². The van der Waals surface area contributed by atoms with Crippen molar-refractivity contribution in [1.82, 2.24) is 5.32 Å². The maximum atomic E-state index is 13.3. The van der Waals surface area contributed by atoms with E-state index in [1.165, 1.54) is 12.1 Å². The number of rotatable bonds is 3. The fraction of sp³-hybridized carbons (Fsp3) is 0.462. The molecule has 1 aliphatic rings. The number of nitrogens with one attached hydrogen (secondary N) is 1. The molecule has 1 aromatic rings. The molecule has 0 heterocycles. The predicted molar refractivity (Wildman–Crippen MR) is 70.0 cm³/mol. The number of hydrogen-bond acceptors (Lipinski definition) is 2. The van der Waals surface area contributed by atoms with Crippen molar-refractivity contribution < 1.29 is 13.9 Å². The summed E-state index contributed by atoms with van der Waals surface area (Å²) in [7, 11) is 1.68. The standard InChI is InChI=1S/C13H15BrFNO2/c1-18-9-6-5-8(7-9)16-13(17)10-3-2-4-11(15)12(10)14/h2-4,8-9H,5-7H2,1H3,(H,16,17). The summed E-state index contributed by atoms with van der Waals surface area (Å²) in [6.45, 7) is 0. The quantitative estimate of drug-likeness (QED) is 0.931. The van der Waals surface area contributed by atoms with Gasteiger partial charge >= 0.3 is 0 Å². The Kier molecular flexibility index (Phi) is 4.35. The molecule has 0 saturated heterocycles. The topological polar surface area (TPSA) is 38.3 Å². The molecule has 2 rings (SSSR count). The minimum atomic E-state index is -0.427. The molecular formula is C13H15BrFNO2. The first-order valence-corrected chi connectivity index (χ1v) is 6.68. The van der Waals surface area contributed by atoms with E-state index in [1.807, 2.05) is 0 Å². The van der Waals surface area contributed by atoms with Crippen LogP contribution in [0.1, 0.15) is 29.6 Å². The molecule has 98 valence electrons. The van der Waals surface area contributed by atoms with Gasteiger partial charge in [0, 0.05) is 13.2 Å². The average Bonchev–Trinajstić information content (AvgIpc) is 2.80. The van der Waals surface area contributed by atoms with E-state index in [0.29, 0.717) is 5.56 Å². The third kappa shape index (κ3) is 2.90. The zero-order valence-corrected chi connectivity index (χ0v) is 11.7. The molecule has 5 heteroatoms. The number of halogens is 2. The highest BCUT2D eigenvalue weighted by Crippen LogP contribution is 2.24. The Labute approximate surface area is 114 Å². The van der Waals surface area contributed by atoms with Crippen molar-refractivity contribution in [3.05, 3.63) is 34.1 Å². The average molecular weight is 316 g/mol. The number of carbonyl (C=O) groups excluding carboxylic acids is 1. The summed E-state index contributed by atoms with van der Waals surface area (Å²) >= 11 is 3.10. The lowest BCUT2D eigenvalue weighted by molar-refractivity contribution is 0.0914. The molecular weight excluding hydrogens is 301 g/mol. The van der Waals surface area contributed by atoms with Crippen molar-refractivity contribution in [2.75, 3.05) is 7.11 Å². The van der Waals surface area contributed by atoms with Gasteiger partial charge in [-0.05, 0) is 47.3 Å². The van der Waals surface area contributed by atoms with Crippen LogP contribution in [-0.4, -0.2) is 25.2 Å². The first kappa shape index (κ1) is 13.5. The van der Waals surface area contributed by atoms with Gasteiger partial charge in [-0.3, -0.25) is 4.79 Å². The molecule has 1 saturated carbocycles. The van der Waals surface area contributed by atoms with E-state index in [2.05, 4.69) is 21.2 Å². The number of benzene rings is 1. The summed E-state index contributed by atoms with van der Waals surface area (Å²) in [5.41, 5.74) is 0.330. The van der Waals surface area contributed by atoms with Crippen LogP contribution in [0, 0.1) is 5.82 Å².